The van der Waals surface area contributed by atoms with E-state index < -0.39 is 17.5 Å². The highest BCUT2D eigenvalue weighted by atomic mass is 35.5. The Hall–Kier alpha value is -2.88. The van der Waals surface area contributed by atoms with E-state index in [1.165, 1.54) is 12.1 Å². The largest absolute Gasteiger partial charge is 0.458 e. The lowest BCUT2D eigenvalue weighted by atomic mass is 9.82. The molecule has 1 unspecified atom stereocenters. The molecule has 1 heterocycles. The van der Waals surface area contributed by atoms with Crippen molar-refractivity contribution in [2.75, 3.05) is 0 Å². The van der Waals surface area contributed by atoms with E-state index in [1.54, 1.807) is 38.1 Å². The number of hydrogen-bond acceptors (Lipinski definition) is 5. The van der Waals surface area contributed by atoms with Gasteiger partial charge in [-0.15, -0.1) is 0 Å². The van der Waals surface area contributed by atoms with Crippen LogP contribution in [-0.4, -0.2) is 39.7 Å². The van der Waals surface area contributed by atoms with Crippen molar-refractivity contribution in [2.45, 2.75) is 57.3 Å². The molecule has 3 rings (SSSR count). The van der Waals surface area contributed by atoms with Crippen LogP contribution in [0.15, 0.2) is 42.5 Å². The number of pyridine rings is 1. The Balaban J connectivity index is 1.66. The van der Waals surface area contributed by atoms with Crippen molar-refractivity contribution in [3.05, 3.63) is 64.4 Å². The summed E-state index contributed by atoms with van der Waals surface area (Å²) in [5, 5.41) is 14.4. The lowest BCUT2D eigenvalue weighted by Gasteiger charge is -2.33. The molecule has 2 N–H and O–H groups in total. The summed E-state index contributed by atoms with van der Waals surface area (Å²) in [5.41, 5.74) is -0.276. The third-order valence-electron chi connectivity index (χ3n) is 4.86. The fourth-order valence-corrected chi connectivity index (χ4v) is 3.64. The zero-order valence-electron chi connectivity index (χ0n) is 17.5. The Labute approximate surface area is 187 Å². The van der Waals surface area contributed by atoms with Gasteiger partial charge in [0.25, 0.3) is 5.91 Å². The van der Waals surface area contributed by atoms with Crippen LogP contribution in [0, 0.1) is 11.8 Å². The number of nitrogens with zero attached hydrogens (tertiary/aromatic N) is 1. The zero-order valence-corrected chi connectivity index (χ0v) is 18.3. The highest BCUT2D eigenvalue weighted by molar-refractivity contribution is 6.30. The average molecular weight is 441 g/mol. The van der Waals surface area contributed by atoms with E-state index in [0.29, 0.717) is 17.9 Å². The van der Waals surface area contributed by atoms with Crippen LogP contribution >= 0.6 is 11.6 Å². The van der Waals surface area contributed by atoms with Crippen LogP contribution in [-0.2, 0) is 4.74 Å². The van der Waals surface area contributed by atoms with E-state index in [2.05, 4.69) is 22.1 Å². The number of aliphatic hydroxyl groups is 1. The van der Waals surface area contributed by atoms with Crippen LogP contribution in [0.25, 0.3) is 0 Å². The smallest absolute Gasteiger partial charge is 0.357 e. The minimum Gasteiger partial charge on any atom is -0.458 e. The number of carbonyl (C=O) groups excluding carboxylic acids is 2. The van der Waals surface area contributed by atoms with Gasteiger partial charge in [0.1, 0.15) is 17.0 Å². The van der Waals surface area contributed by atoms with Crippen LogP contribution in [0.4, 0.5) is 0 Å². The molecule has 6 nitrogen and oxygen atoms in total. The van der Waals surface area contributed by atoms with Crippen LogP contribution in [0.3, 0.4) is 0 Å². The third kappa shape index (κ3) is 6.55. The summed E-state index contributed by atoms with van der Waals surface area (Å²) in [7, 11) is 0. The molecule has 1 aliphatic rings. The summed E-state index contributed by atoms with van der Waals surface area (Å²) in [4.78, 5) is 28.8. The normalized spacial score (nSPS) is 20.5. The van der Waals surface area contributed by atoms with Gasteiger partial charge in [0, 0.05) is 23.0 Å². The van der Waals surface area contributed by atoms with Crippen molar-refractivity contribution < 1.29 is 19.4 Å². The average Bonchev–Trinajstić information content (AvgIpc) is 2.72. The van der Waals surface area contributed by atoms with E-state index >= 15 is 0 Å². The van der Waals surface area contributed by atoms with Crippen LogP contribution in [0.2, 0.25) is 5.02 Å². The summed E-state index contributed by atoms with van der Waals surface area (Å²) < 4.78 is 5.13. The number of hydrogen-bond donors (Lipinski definition) is 2. The summed E-state index contributed by atoms with van der Waals surface area (Å²) in [5.74, 6) is 4.94. The van der Waals surface area contributed by atoms with Crippen LogP contribution in [0.5, 0.6) is 0 Å². The zero-order chi connectivity index (χ0) is 22.4. The predicted octanol–water partition coefficient (Wildman–Crippen LogP) is 3.76. The number of nitrogens with one attached hydrogen (secondary N) is 1. The molecule has 2 aromatic rings. The molecule has 0 spiro atoms. The molecule has 7 heteroatoms. The number of aromatic nitrogens is 1. The Morgan fingerprint density at radius 2 is 2.00 bits per heavy atom. The van der Waals surface area contributed by atoms with Gasteiger partial charge in [0.05, 0.1) is 6.10 Å². The van der Waals surface area contributed by atoms with E-state index in [1.807, 2.05) is 6.07 Å². The van der Waals surface area contributed by atoms with Gasteiger partial charge in [0.2, 0.25) is 0 Å². The SMILES string of the molecule is CC(C)OC(=O)c1cccc(C(=O)NC2CCC[C@@](O)(C#Cc3cccc(Cl)c3)C2)n1. The lowest BCUT2D eigenvalue weighted by Crippen LogP contribution is -2.45. The number of benzene rings is 1. The number of halogens is 1. The highest BCUT2D eigenvalue weighted by Gasteiger charge is 2.33. The third-order valence-corrected chi connectivity index (χ3v) is 5.10. The fourth-order valence-electron chi connectivity index (χ4n) is 3.45. The van der Waals surface area contributed by atoms with Gasteiger partial charge in [-0.2, -0.15) is 0 Å². The van der Waals surface area contributed by atoms with Gasteiger partial charge in [-0.1, -0.05) is 35.6 Å². The Kier molecular flexibility index (Phi) is 7.32. The summed E-state index contributed by atoms with van der Waals surface area (Å²) in [6.07, 6.45) is 2.00. The minimum atomic E-state index is -1.20. The van der Waals surface area contributed by atoms with Crippen molar-refractivity contribution >= 4 is 23.5 Å². The highest BCUT2D eigenvalue weighted by Crippen LogP contribution is 2.28. The van der Waals surface area contributed by atoms with Gasteiger partial charge < -0.3 is 15.2 Å². The van der Waals surface area contributed by atoms with Gasteiger partial charge in [-0.25, -0.2) is 9.78 Å². The molecule has 0 aliphatic heterocycles. The molecule has 1 saturated carbocycles. The second-order valence-electron chi connectivity index (χ2n) is 7.92. The Morgan fingerprint density at radius 1 is 1.26 bits per heavy atom. The fraction of sp³-hybridized carbons (Fsp3) is 0.375. The molecule has 0 saturated heterocycles. The maximum atomic E-state index is 12.7. The monoisotopic (exact) mass is 440 g/mol. The number of rotatable bonds is 4. The van der Waals surface area contributed by atoms with Crippen molar-refractivity contribution in [3.63, 3.8) is 0 Å². The predicted molar refractivity (Wildman–Crippen MR) is 118 cm³/mol. The molecule has 1 amide bonds. The van der Waals surface area contributed by atoms with E-state index in [-0.39, 0.29) is 23.5 Å². The first-order valence-electron chi connectivity index (χ1n) is 10.2. The topological polar surface area (TPSA) is 88.5 Å². The first kappa shape index (κ1) is 22.8. The molecular formula is C24H25ClN2O4. The van der Waals surface area contributed by atoms with Crippen molar-refractivity contribution in [1.82, 2.24) is 10.3 Å². The van der Waals surface area contributed by atoms with E-state index in [4.69, 9.17) is 16.3 Å². The molecule has 1 fully saturated rings. The van der Waals surface area contributed by atoms with E-state index in [0.717, 1.165) is 18.4 Å². The molecular weight excluding hydrogens is 416 g/mol. The minimum absolute atomic E-state index is 0.0777. The lowest BCUT2D eigenvalue weighted by molar-refractivity contribution is 0.0370. The quantitative estimate of drug-likeness (QED) is 0.558. The summed E-state index contributed by atoms with van der Waals surface area (Å²) >= 11 is 5.98. The second kappa shape index (κ2) is 9.95. The number of esters is 1. The number of carbonyl (C=O) groups is 2. The molecule has 0 bridgehead atoms. The van der Waals surface area contributed by atoms with Gasteiger partial charge in [0.15, 0.2) is 0 Å². The van der Waals surface area contributed by atoms with Gasteiger partial charge in [-0.3, -0.25) is 4.79 Å². The van der Waals surface area contributed by atoms with Gasteiger partial charge in [-0.05, 0) is 63.4 Å². The molecule has 31 heavy (non-hydrogen) atoms. The van der Waals surface area contributed by atoms with Crippen molar-refractivity contribution in [1.29, 1.82) is 0 Å². The molecule has 1 aliphatic carbocycles. The Morgan fingerprint density at radius 3 is 2.74 bits per heavy atom. The summed E-state index contributed by atoms with van der Waals surface area (Å²) in [6, 6.07) is 11.5. The van der Waals surface area contributed by atoms with E-state index in [9.17, 15) is 14.7 Å². The molecule has 2 atom stereocenters. The second-order valence-corrected chi connectivity index (χ2v) is 8.36. The maximum Gasteiger partial charge on any atom is 0.357 e. The summed E-state index contributed by atoms with van der Waals surface area (Å²) in [6.45, 7) is 3.49. The standard InChI is InChI=1S/C24H25ClN2O4/c1-16(2)31-23(29)21-10-4-9-20(27-21)22(28)26-19-8-5-12-24(30,15-19)13-11-17-6-3-7-18(25)14-17/h3-4,6-7,9-10,14,16,19,30H,5,8,12,15H2,1-2H3,(H,26,28)/t19?,24-/m1/s1. The molecule has 0 radical (unpaired) electrons. The Bertz CT molecular complexity index is 1030. The first-order valence-corrected chi connectivity index (χ1v) is 10.6. The van der Waals surface area contributed by atoms with Crippen LogP contribution in [0.1, 0.15) is 66.1 Å². The maximum absolute atomic E-state index is 12.7. The molecule has 162 valence electrons. The van der Waals surface area contributed by atoms with Crippen molar-refractivity contribution in [3.8, 4) is 11.8 Å². The molecule has 1 aromatic heterocycles. The van der Waals surface area contributed by atoms with Crippen LogP contribution < -0.4 is 5.32 Å². The van der Waals surface area contributed by atoms with Gasteiger partial charge >= 0.3 is 5.97 Å². The number of amides is 1. The first-order chi connectivity index (χ1) is 14.7. The number of ether oxygens (including phenoxy) is 1. The molecule has 1 aromatic carbocycles. The van der Waals surface area contributed by atoms with Crippen molar-refractivity contribution in [2.24, 2.45) is 0 Å².